The lowest BCUT2D eigenvalue weighted by atomic mass is 10.2. The van der Waals surface area contributed by atoms with Gasteiger partial charge < -0.3 is 19.3 Å². The van der Waals surface area contributed by atoms with Crippen LogP contribution < -0.4 is 4.72 Å². The maximum atomic E-state index is 12.2. The molecule has 2 aromatic rings. The third-order valence-electron chi connectivity index (χ3n) is 4.42. The highest BCUT2D eigenvalue weighted by atomic mass is 35.5. The first kappa shape index (κ1) is 23.8. The van der Waals surface area contributed by atoms with Gasteiger partial charge in [0.1, 0.15) is 20.0 Å². The van der Waals surface area contributed by atoms with Crippen LogP contribution in [0.2, 0.25) is 13.7 Å². The Morgan fingerprint density at radius 1 is 1.23 bits per heavy atom. The molecule has 3 rings (SSSR count). The normalized spacial score (nSPS) is 14.6. The topological polar surface area (TPSA) is 71.0 Å². The summed E-state index contributed by atoms with van der Waals surface area (Å²) < 4.78 is 14.5. The third kappa shape index (κ3) is 6.56. The number of aromatic hydroxyl groups is 1. The van der Waals surface area contributed by atoms with Crippen LogP contribution in [0.5, 0.6) is 5.75 Å². The van der Waals surface area contributed by atoms with Crippen LogP contribution >= 0.6 is 58.1 Å². The zero-order valence-electron chi connectivity index (χ0n) is 16.0. The monoisotopic (exact) mass is 510 g/mol. The van der Waals surface area contributed by atoms with Crippen molar-refractivity contribution in [2.75, 3.05) is 44.2 Å². The van der Waals surface area contributed by atoms with Gasteiger partial charge in [-0.1, -0.05) is 34.8 Å². The Balaban J connectivity index is 1.44. The summed E-state index contributed by atoms with van der Waals surface area (Å²) in [5.74, 6) is -0.715. The predicted molar refractivity (Wildman–Crippen MR) is 124 cm³/mol. The van der Waals surface area contributed by atoms with Crippen LogP contribution in [-0.2, 0) is 9.47 Å². The smallest absolute Gasteiger partial charge is 0.341 e. The van der Waals surface area contributed by atoms with Crippen molar-refractivity contribution in [1.29, 1.82) is 0 Å². The first-order chi connectivity index (χ1) is 14.5. The SMILES string of the molecule is O=C(OCCCCN1CCOCC1)c1ccc(NSc2c(Cl)sc(Cl)c2Cl)cc1O. The molecule has 2 N–H and O–H groups in total. The molecule has 1 aromatic heterocycles. The number of nitrogens with zero attached hydrogens (tertiary/aromatic N) is 1. The van der Waals surface area contributed by atoms with E-state index in [0.717, 1.165) is 45.7 Å². The van der Waals surface area contributed by atoms with Crippen molar-refractivity contribution in [1.82, 2.24) is 4.90 Å². The van der Waals surface area contributed by atoms with Gasteiger partial charge in [0.2, 0.25) is 0 Å². The van der Waals surface area contributed by atoms with Gasteiger partial charge in [-0.3, -0.25) is 4.90 Å². The van der Waals surface area contributed by atoms with Gasteiger partial charge in [-0.05, 0) is 43.5 Å². The second-order valence-electron chi connectivity index (χ2n) is 6.53. The lowest BCUT2D eigenvalue weighted by Crippen LogP contribution is -2.36. The predicted octanol–water partition coefficient (Wildman–Crippen LogP) is 5.80. The van der Waals surface area contributed by atoms with Gasteiger partial charge >= 0.3 is 5.97 Å². The fourth-order valence-corrected chi connectivity index (χ4v) is 5.66. The largest absolute Gasteiger partial charge is 0.507 e. The van der Waals surface area contributed by atoms with Crippen LogP contribution in [0.25, 0.3) is 0 Å². The maximum Gasteiger partial charge on any atom is 0.341 e. The van der Waals surface area contributed by atoms with Gasteiger partial charge in [0.05, 0.1) is 29.7 Å². The van der Waals surface area contributed by atoms with Crippen LogP contribution in [0.1, 0.15) is 23.2 Å². The van der Waals surface area contributed by atoms with E-state index in [1.807, 2.05) is 0 Å². The number of carbonyl (C=O) groups is 1. The number of anilines is 1. The minimum Gasteiger partial charge on any atom is -0.507 e. The number of carbonyl (C=O) groups excluding carboxylic acids is 1. The Morgan fingerprint density at radius 2 is 2.00 bits per heavy atom. The van der Waals surface area contributed by atoms with E-state index >= 15 is 0 Å². The summed E-state index contributed by atoms with van der Waals surface area (Å²) in [7, 11) is 0. The molecule has 0 unspecified atom stereocenters. The van der Waals surface area contributed by atoms with Crippen molar-refractivity contribution in [3.8, 4) is 5.75 Å². The molecule has 1 saturated heterocycles. The molecular weight excluding hydrogens is 491 g/mol. The highest BCUT2D eigenvalue weighted by molar-refractivity contribution is 8.01. The minimum atomic E-state index is -0.547. The Kier molecular flexibility index (Phi) is 9.25. The second-order valence-corrected chi connectivity index (χ2v) is 9.94. The van der Waals surface area contributed by atoms with Crippen LogP contribution in [0.4, 0.5) is 5.69 Å². The summed E-state index contributed by atoms with van der Waals surface area (Å²) in [5.41, 5.74) is 0.697. The van der Waals surface area contributed by atoms with Gasteiger partial charge in [0.15, 0.2) is 0 Å². The van der Waals surface area contributed by atoms with Gasteiger partial charge in [-0.15, -0.1) is 11.3 Å². The number of ether oxygens (including phenoxy) is 2. The minimum absolute atomic E-state index is 0.119. The van der Waals surface area contributed by atoms with Crippen LogP contribution in [0.3, 0.4) is 0 Å². The van der Waals surface area contributed by atoms with Crippen molar-refractivity contribution in [2.45, 2.75) is 17.7 Å². The Labute approximate surface area is 198 Å². The number of hydrogen-bond donors (Lipinski definition) is 2. The van der Waals surface area contributed by atoms with Gasteiger partial charge in [0, 0.05) is 24.8 Å². The summed E-state index contributed by atoms with van der Waals surface area (Å²) >= 11 is 20.5. The molecule has 6 nitrogen and oxygen atoms in total. The number of phenols is 1. The third-order valence-corrected chi connectivity index (χ3v) is 7.92. The number of morpholine rings is 1. The molecule has 0 aliphatic carbocycles. The molecule has 0 spiro atoms. The van der Waals surface area contributed by atoms with Crippen molar-refractivity contribution in [3.63, 3.8) is 0 Å². The summed E-state index contributed by atoms with van der Waals surface area (Å²) in [4.78, 5) is 15.2. The Morgan fingerprint density at radius 3 is 2.67 bits per heavy atom. The zero-order chi connectivity index (χ0) is 21.5. The lowest BCUT2D eigenvalue weighted by molar-refractivity contribution is 0.0348. The van der Waals surface area contributed by atoms with E-state index in [0.29, 0.717) is 30.9 Å². The van der Waals surface area contributed by atoms with Gasteiger partial charge in [-0.2, -0.15) is 0 Å². The molecule has 0 atom stereocenters. The number of hydrogen-bond acceptors (Lipinski definition) is 8. The molecule has 2 heterocycles. The molecule has 1 fully saturated rings. The number of esters is 1. The molecular formula is C19H21Cl3N2O4S2. The van der Waals surface area contributed by atoms with Crippen molar-refractivity contribution in [3.05, 3.63) is 37.5 Å². The number of unbranched alkanes of at least 4 members (excludes halogenated alkanes) is 1. The maximum absolute atomic E-state index is 12.2. The molecule has 11 heteroatoms. The Bertz CT molecular complexity index is 876. The highest BCUT2D eigenvalue weighted by Crippen LogP contribution is 2.45. The number of nitrogens with one attached hydrogen (secondary N) is 1. The quantitative estimate of drug-likeness (QED) is 0.250. The molecule has 0 bridgehead atoms. The summed E-state index contributed by atoms with van der Waals surface area (Å²) in [5, 5.41) is 10.6. The molecule has 0 radical (unpaired) electrons. The molecule has 1 aliphatic heterocycles. The van der Waals surface area contributed by atoms with E-state index < -0.39 is 5.97 Å². The number of thiophene rings is 1. The number of halogens is 3. The van der Waals surface area contributed by atoms with E-state index in [9.17, 15) is 9.90 Å². The summed E-state index contributed by atoms with van der Waals surface area (Å²) in [6.45, 7) is 4.73. The fraction of sp³-hybridized carbons (Fsp3) is 0.421. The molecule has 164 valence electrons. The van der Waals surface area contributed by atoms with E-state index in [1.54, 1.807) is 6.07 Å². The average molecular weight is 512 g/mol. The number of rotatable bonds is 9. The Hall–Kier alpha value is -0.870. The van der Waals surface area contributed by atoms with Crippen LogP contribution in [-0.4, -0.2) is 55.4 Å². The number of benzene rings is 1. The van der Waals surface area contributed by atoms with Crippen molar-refractivity contribution in [2.24, 2.45) is 0 Å². The average Bonchev–Trinajstić information content (AvgIpc) is 2.98. The molecule has 0 saturated carbocycles. The van der Waals surface area contributed by atoms with Crippen molar-refractivity contribution >= 4 is 69.7 Å². The van der Waals surface area contributed by atoms with E-state index in [1.165, 1.54) is 35.4 Å². The lowest BCUT2D eigenvalue weighted by Gasteiger charge is -2.26. The first-order valence-corrected chi connectivity index (χ1v) is 12.1. The molecule has 1 aliphatic rings. The second kappa shape index (κ2) is 11.7. The molecule has 1 aromatic carbocycles. The molecule has 0 amide bonds. The van der Waals surface area contributed by atoms with Crippen molar-refractivity contribution < 1.29 is 19.4 Å². The first-order valence-electron chi connectivity index (χ1n) is 9.32. The fourth-order valence-electron chi connectivity index (χ4n) is 2.81. The zero-order valence-corrected chi connectivity index (χ0v) is 19.9. The van der Waals surface area contributed by atoms with Gasteiger partial charge in [0.25, 0.3) is 0 Å². The molecule has 30 heavy (non-hydrogen) atoms. The van der Waals surface area contributed by atoms with Crippen LogP contribution in [0, 0.1) is 0 Å². The number of phenolic OH excluding ortho intramolecular Hbond substituents is 1. The summed E-state index contributed by atoms with van der Waals surface area (Å²) in [6.07, 6.45) is 1.71. The van der Waals surface area contributed by atoms with Gasteiger partial charge in [-0.25, -0.2) is 4.79 Å². The van der Waals surface area contributed by atoms with E-state index in [4.69, 9.17) is 44.3 Å². The summed E-state index contributed by atoms with van der Waals surface area (Å²) in [6, 6.07) is 4.62. The standard InChI is InChI=1S/C19H21Cl3N2O4S2/c20-15-16(18(22)29-17(15)21)30-23-12-3-4-13(14(25)11-12)19(26)28-8-2-1-5-24-6-9-27-10-7-24/h3-4,11,23,25H,1-2,5-10H2. The highest BCUT2D eigenvalue weighted by Gasteiger charge is 2.17. The van der Waals surface area contributed by atoms with E-state index in [2.05, 4.69) is 9.62 Å². The van der Waals surface area contributed by atoms with E-state index in [-0.39, 0.29) is 11.3 Å². The van der Waals surface area contributed by atoms with Crippen LogP contribution in [0.15, 0.2) is 23.1 Å².